The third-order valence-corrected chi connectivity index (χ3v) is 2.04. The van der Waals surface area contributed by atoms with Gasteiger partial charge in [0.2, 0.25) is 0 Å². The Hall–Kier alpha value is -1.30. The lowest BCUT2D eigenvalue weighted by Gasteiger charge is -2.05. The molecule has 0 amide bonds. The van der Waals surface area contributed by atoms with Crippen molar-refractivity contribution in [3.8, 4) is 0 Å². The summed E-state index contributed by atoms with van der Waals surface area (Å²) >= 11 is 3.01. The van der Waals surface area contributed by atoms with Crippen LogP contribution in [0.4, 0.5) is 0 Å². The first-order chi connectivity index (χ1) is 6.50. The third kappa shape index (κ3) is 2.59. The summed E-state index contributed by atoms with van der Waals surface area (Å²) in [5.41, 5.74) is 0. The molecule has 0 bridgehead atoms. The molecule has 0 aromatic carbocycles. The first-order valence-electron chi connectivity index (χ1n) is 3.70. The molecule has 76 valence electrons. The van der Waals surface area contributed by atoms with E-state index in [2.05, 4.69) is 15.9 Å². The molecule has 0 spiro atoms. The highest BCUT2D eigenvalue weighted by Crippen LogP contribution is 2.24. The highest BCUT2D eigenvalue weighted by atomic mass is 79.9. The largest absolute Gasteiger partial charge is 0.481 e. The molecule has 0 radical (unpaired) electrons. The summed E-state index contributed by atoms with van der Waals surface area (Å²) in [6.45, 7) is 0. The predicted octanol–water partition coefficient (Wildman–Crippen LogP) is 1.69. The number of rotatable bonds is 4. The summed E-state index contributed by atoms with van der Waals surface area (Å²) in [4.78, 5) is 21.1. The van der Waals surface area contributed by atoms with E-state index in [0.29, 0.717) is 4.67 Å². The number of halogens is 1. The second-order valence-corrected chi connectivity index (χ2v) is 3.41. The molecular formula is C8H7BrO5. The van der Waals surface area contributed by atoms with Crippen LogP contribution in [0, 0.1) is 0 Å². The zero-order chi connectivity index (χ0) is 10.7. The van der Waals surface area contributed by atoms with Gasteiger partial charge in [0.25, 0.3) is 0 Å². The van der Waals surface area contributed by atoms with Gasteiger partial charge in [-0.1, -0.05) is 0 Å². The van der Waals surface area contributed by atoms with E-state index >= 15 is 0 Å². The molecule has 1 aromatic rings. The van der Waals surface area contributed by atoms with Crippen LogP contribution in [0.5, 0.6) is 0 Å². The van der Waals surface area contributed by atoms with E-state index in [1.54, 1.807) is 0 Å². The normalized spacial score (nSPS) is 12.4. The Morgan fingerprint density at radius 1 is 1.43 bits per heavy atom. The van der Waals surface area contributed by atoms with Crippen molar-refractivity contribution in [2.24, 2.45) is 0 Å². The highest BCUT2D eigenvalue weighted by molar-refractivity contribution is 9.10. The average Bonchev–Trinajstić information content (AvgIpc) is 2.46. The molecule has 14 heavy (non-hydrogen) atoms. The Morgan fingerprint density at radius 3 is 2.43 bits per heavy atom. The van der Waals surface area contributed by atoms with Gasteiger partial charge in [-0.25, -0.2) is 0 Å². The quantitative estimate of drug-likeness (QED) is 0.862. The Labute approximate surface area is 87.5 Å². The SMILES string of the molecule is O=C(O)CC(C(=O)O)c1ccc(Br)o1. The summed E-state index contributed by atoms with van der Waals surface area (Å²) < 4.78 is 5.36. The van der Waals surface area contributed by atoms with E-state index in [0.717, 1.165) is 0 Å². The fourth-order valence-corrected chi connectivity index (χ4v) is 1.32. The number of carboxylic acid groups (broad SMARTS) is 2. The van der Waals surface area contributed by atoms with Crippen molar-refractivity contribution >= 4 is 27.9 Å². The topological polar surface area (TPSA) is 87.7 Å². The van der Waals surface area contributed by atoms with Gasteiger partial charge in [0.15, 0.2) is 4.67 Å². The molecule has 6 heteroatoms. The van der Waals surface area contributed by atoms with Crippen LogP contribution in [0.2, 0.25) is 0 Å². The lowest BCUT2D eigenvalue weighted by molar-refractivity contribution is -0.145. The minimum absolute atomic E-state index is 0.131. The van der Waals surface area contributed by atoms with E-state index < -0.39 is 24.3 Å². The number of furan rings is 1. The van der Waals surface area contributed by atoms with E-state index in [1.807, 2.05) is 0 Å². The number of aliphatic carboxylic acids is 2. The molecule has 0 saturated carbocycles. The van der Waals surface area contributed by atoms with Crippen LogP contribution in [-0.4, -0.2) is 22.2 Å². The Kier molecular flexibility index (Phi) is 3.29. The maximum absolute atomic E-state index is 10.7. The zero-order valence-electron chi connectivity index (χ0n) is 6.94. The first-order valence-corrected chi connectivity index (χ1v) is 4.50. The molecule has 0 fully saturated rings. The van der Waals surface area contributed by atoms with Crippen molar-refractivity contribution in [2.75, 3.05) is 0 Å². The molecule has 0 aliphatic carbocycles. The van der Waals surface area contributed by atoms with Crippen LogP contribution in [0.1, 0.15) is 18.1 Å². The molecule has 1 rings (SSSR count). The molecule has 1 heterocycles. The summed E-state index contributed by atoms with van der Waals surface area (Å²) in [5.74, 6) is -3.40. The maximum Gasteiger partial charge on any atom is 0.314 e. The van der Waals surface area contributed by atoms with Gasteiger partial charge < -0.3 is 14.6 Å². The summed E-state index contributed by atoms with van der Waals surface area (Å²) in [5, 5.41) is 17.2. The number of hydrogen-bond acceptors (Lipinski definition) is 3. The van der Waals surface area contributed by atoms with Crippen LogP contribution in [0.3, 0.4) is 0 Å². The Morgan fingerprint density at radius 2 is 2.07 bits per heavy atom. The molecule has 1 unspecified atom stereocenters. The standard InChI is InChI=1S/C8H7BrO5/c9-6-2-1-5(14-6)4(8(12)13)3-7(10)11/h1-2,4H,3H2,(H,10,11)(H,12,13). The van der Waals surface area contributed by atoms with Crippen molar-refractivity contribution in [3.63, 3.8) is 0 Å². The minimum atomic E-state index is -1.21. The van der Waals surface area contributed by atoms with Gasteiger partial charge in [-0.3, -0.25) is 9.59 Å². The van der Waals surface area contributed by atoms with Crippen molar-refractivity contribution < 1.29 is 24.2 Å². The van der Waals surface area contributed by atoms with Crippen LogP contribution in [0.15, 0.2) is 21.2 Å². The molecule has 5 nitrogen and oxygen atoms in total. The average molecular weight is 263 g/mol. The van der Waals surface area contributed by atoms with E-state index in [1.165, 1.54) is 12.1 Å². The fraction of sp³-hybridized carbons (Fsp3) is 0.250. The van der Waals surface area contributed by atoms with Gasteiger partial charge in [0.05, 0.1) is 6.42 Å². The lowest BCUT2D eigenvalue weighted by Crippen LogP contribution is -2.15. The van der Waals surface area contributed by atoms with Gasteiger partial charge >= 0.3 is 11.9 Å². The maximum atomic E-state index is 10.7. The van der Waals surface area contributed by atoms with Crippen LogP contribution < -0.4 is 0 Å². The smallest absolute Gasteiger partial charge is 0.314 e. The minimum Gasteiger partial charge on any atom is -0.481 e. The highest BCUT2D eigenvalue weighted by Gasteiger charge is 2.26. The number of carbonyl (C=O) groups is 2. The van der Waals surface area contributed by atoms with E-state index in [9.17, 15) is 9.59 Å². The predicted molar refractivity (Wildman–Crippen MR) is 49.0 cm³/mol. The van der Waals surface area contributed by atoms with Crippen molar-refractivity contribution in [3.05, 3.63) is 22.6 Å². The first kappa shape index (κ1) is 10.8. The van der Waals surface area contributed by atoms with Gasteiger partial charge in [-0.05, 0) is 28.1 Å². The van der Waals surface area contributed by atoms with Crippen LogP contribution in [0.25, 0.3) is 0 Å². The van der Waals surface area contributed by atoms with Crippen LogP contribution >= 0.6 is 15.9 Å². The van der Waals surface area contributed by atoms with Crippen LogP contribution in [-0.2, 0) is 9.59 Å². The Balaban J connectivity index is 2.88. The van der Waals surface area contributed by atoms with Gasteiger partial charge in [0.1, 0.15) is 11.7 Å². The molecule has 1 aromatic heterocycles. The zero-order valence-corrected chi connectivity index (χ0v) is 8.52. The van der Waals surface area contributed by atoms with Gasteiger partial charge in [-0.2, -0.15) is 0 Å². The van der Waals surface area contributed by atoms with Crippen molar-refractivity contribution in [2.45, 2.75) is 12.3 Å². The van der Waals surface area contributed by atoms with E-state index in [4.69, 9.17) is 14.6 Å². The Bertz CT molecular complexity index is 356. The number of carboxylic acids is 2. The molecule has 2 N–H and O–H groups in total. The van der Waals surface area contributed by atoms with E-state index in [-0.39, 0.29) is 5.76 Å². The monoisotopic (exact) mass is 262 g/mol. The second-order valence-electron chi connectivity index (χ2n) is 2.63. The van der Waals surface area contributed by atoms with Crippen molar-refractivity contribution in [1.82, 2.24) is 0 Å². The third-order valence-electron chi connectivity index (χ3n) is 1.61. The molecule has 1 atom stereocenters. The van der Waals surface area contributed by atoms with Gasteiger partial charge in [-0.15, -0.1) is 0 Å². The van der Waals surface area contributed by atoms with Gasteiger partial charge in [0, 0.05) is 0 Å². The number of hydrogen-bond donors (Lipinski definition) is 2. The molecule has 0 aliphatic heterocycles. The lowest BCUT2D eigenvalue weighted by atomic mass is 10.0. The molecular weight excluding hydrogens is 256 g/mol. The fourth-order valence-electron chi connectivity index (χ4n) is 1.000. The molecule has 0 aliphatic rings. The van der Waals surface area contributed by atoms with Crippen molar-refractivity contribution in [1.29, 1.82) is 0 Å². The summed E-state index contributed by atoms with van der Waals surface area (Å²) in [6, 6.07) is 2.96. The molecule has 0 saturated heterocycles. The summed E-state index contributed by atoms with van der Waals surface area (Å²) in [7, 11) is 0. The second kappa shape index (κ2) is 4.28. The summed E-state index contributed by atoms with van der Waals surface area (Å²) in [6.07, 6.45) is -0.491.